The minimum Gasteiger partial charge on any atom is -0.352 e. The fourth-order valence-corrected chi connectivity index (χ4v) is 7.62. The van der Waals surface area contributed by atoms with E-state index in [9.17, 15) is 14.4 Å². The molecule has 43 heavy (non-hydrogen) atoms. The number of hydrogen-bond donors (Lipinski definition) is 1. The molecule has 1 fully saturated rings. The molecule has 3 aliphatic rings. The summed E-state index contributed by atoms with van der Waals surface area (Å²) in [7, 11) is 0. The van der Waals surface area contributed by atoms with Crippen LogP contribution in [0.5, 0.6) is 0 Å². The van der Waals surface area contributed by atoms with Gasteiger partial charge in [0.1, 0.15) is 11.5 Å². The van der Waals surface area contributed by atoms with Crippen molar-refractivity contribution in [1.82, 2.24) is 0 Å². The smallest absolute Gasteiger partial charge is 0.238 e. The van der Waals surface area contributed by atoms with Gasteiger partial charge in [-0.2, -0.15) is 0 Å². The van der Waals surface area contributed by atoms with Crippen LogP contribution in [0, 0.1) is 12.8 Å². The summed E-state index contributed by atoms with van der Waals surface area (Å²) >= 11 is 0. The first kappa shape index (κ1) is 27.1. The highest BCUT2D eigenvalue weighted by atomic mass is 16.2. The third kappa shape index (κ3) is 3.94. The summed E-state index contributed by atoms with van der Waals surface area (Å²) < 4.78 is 0. The number of carbonyl (C=O) groups is 3. The van der Waals surface area contributed by atoms with E-state index in [0.717, 1.165) is 46.4 Å². The third-order valence-electron chi connectivity index (χ3n) is 9.52. The number of ketones is 2. The highest BCUT2D eigenvalue weighted by Gasteiger charge is 2.70. The van der Waals surface area contributed by atoms with E-state index < -0.39 is 23.4 Å². The number of rotatable bonds is 6. The molecule has 5 heteroatoms. The van der Waals surface area contributed by atoms with Gasteiger partial charge in [0.15, 0.2) is 11.6 Å². The van der Waals surface area contributed by atoms with Crippen molar-refractivity contribution in [3.05, 3.63) is 137 Å². The topological polar surface area (TPSA) is 66.5 Å². The quantitative estimate of drug-likeness (QED) is 0.251. The third-order valence-corrected chi connectivity index (χ3v) is 9.52. The van der Waals surface area contributed by atoms with E-state index in [-0.39, 0.29) is 17.5 Å². The van der Waals surface area contributed by atoms with Crippen molar-refractivity contribution in [3.63, 3.8) is 0 Å². The van der Waals surface area contributed by atoms with Crippen LogP contribution in [-0.2, 0) is 16.6 Å². The molecule has 0 radical (unpaired) electrons. The Morgan fingerprint density at radius 3 is 2.28 bits per heavy atom. The second-order valence-electron chi connectivity index (χ2n) is 12.1. The van der Waals surface area contributed by atoms with Gasteiger partial charge in [-0.05, 0) is 55.2 Å². The maximum Gasteiger partial charge on any atom is 0.238 e. The molecule has 0 unspecified atom stereocenters. The molecule has 4 aromatic carbocycles. The van der Waals surface area contributed by atoms with Gasteiger partial charge in [0, 0.05) is 28.1 Å². The van der Waals surface area contributed by atoms with E-state index in [1.54, 1.807) is 12.1 Å². The Hall–Kier alpha value is -4.77. The molecule has 0 aromatic heterocycles. The SMILES string of the molecule is CCCc1ccc(C(=O)[C@@H]2[C@H](C(=O)c3ccccc3)N3c4ccc(C)cc4C(C)=C[C@@H]3[C@@]23C(=O)Nc2ccccc23)cc1. The van der Waals surface area contributed by atoms with Gasteiger partial charge < -0.3 is 10.2 Å². The summed E-state index contributed by atoms with van der Waals surface area (Å²) in [6, 6.07) is 29.2. The predicted octanol–water partition coefficient (Wildman–Crippen LogP) is 7.19. The molecule has 7 rings (SSSR count). The number of aryl methyl sites for hydroxylation is 2. The number of nitrogens with zero attached hydrogens (tertiary/aromatic N) is 1. The highest BCUT2D eigenvalue weighted by Crippen LogP contribution is 2.58. The summed E-state index contributed by atoms with van der Waals surface area (Å²) in [6.45, 7) is 6.23. The number of nitrogens with one attached hydrogen (secondary N) is 1. The lowest BCUT2D eigenvalue weighted by atomic mass is 9.64. The fraction of sp³-hybridized carbons (Fsp3) is 0.237. The van der Waals surface area contributed by atoms with Gasteiger partial charge in [0.05, 0.1) is 12.0 Å². The van der Waals surface area contributed by atoms with Gasteiger partial charge in [0.25, 0.3) is 0 Å². The Bertz CT molecular complexity index is 1810. The molecule has 0 aliphatic carbocycles. The van der Waals surface area contributed by atoms with Crippen LogP contribution in [0.25, 0.3) is 5.57 Å². The number of carbonyl (C=O) groups excluding carboxylic acids is 3. The molecule has 1 spiro atoms. The first-order valence-corrected chi connectivity index (χ1v) is 15.1. The van der Waals surface area contributed by atoms with Gasteiger partial charge in [-0.15, -0.1) is 0 Å². The molecule has 5 nitrogen and oxygen atoms in total. The minimum absolute atomic E-state index is 0.167. The van der Waals surface area contributed by atoms with Crippen LogP contribution in [0.1, 0.15) is 63.2 Å². The van der Waals surface area contributed by atoms with E-state index in [1.807, 2.05) is 85.8 Å². The number of Topliss-reactive ketones (excluding diaryl/α,β-unsaturated/α-hetero) is 2. The lowest BCUT2D eigenvalue weighted by Crippen LogP contribution is -2.51. The molecule has 4 aromatic rings. The Morgan fingerprint density at radius 1 is 0.837 bits per heavy atom. The minimum atomic E-state index is -1.31. The number of hydrogen-bond acceptors (Lipinski definition) is 4. The van der Waals surface area contributed by atoms with Crippen LogP contribution in [0.3, 0.4) is 0 Å². The molecule has 3 aliphatic heterocycles. The number of allylic oxidation sites excluding steroid dienone is 1. The second kappa shape index (κ2) is 10.2. The van der Waals surface area contributed by atoms with Gasteiger partial charge in [-0.25, -0.2) is 0 Å². The Balaban J connectivity index is 1.52. The molecule has 1 amide bonds. The Labute approximate surface area is 252 Å². The zero-order chi connectivity index (χ0) is 29.9. The highest BCUT2D eigenvalue weighted by molar-refractivity contribution is 6.18. The average molecular weight is 567 g/mol. The summed E-state index contributed by atoms with van der Waals surface area (Å²) in [4.78, 5) is 46.4. The molecular weight excluding hydrogens is 532 g/mol. The monoisotopic (exact) mass is 566 g/mol. The Kier molecular flexibility index (Phi) is 6.42. The van der Waals surface area contributed by atoms with Gasteiger partial charge in [-0.3, -0.25) is 14.4 Å². The predicted molar refractivity (Wildman–Crippen MR) is 171 cm³/mol. The molecule has 3 heterocycles. The molecule has 0 saturated carbocycles. The zero-order valence-electron chi connectivity index (χ0n) is 24.6. The maximum atomic E-state index is 15.0. The number of para-hydroxylation sites is 1. The number of amides is 1. The van der Waals surface area contributed by atoms with Crippen molar-refractivity contribution in [2.24, 2.45) is 5.92 Å². The fourth-order valence-electron chi connectivity index (χ4n) is 7.62. The van der Waals surface area contributed by atoms with Crippen molar-refractivity contribution in [2.75, 3.05) is 10.2 Å². The summed E-state index contributed by atoms with van der Waals surface area (Å²) in [6.07, 6.45) is 4.03. The van der Waals surface area contributed by atoms with Crippen molar-refractivity contribution in [3.8, 4) is 0 Å². The molecule has 214 valence electrons. The van der Waals surface area contributed by atoms with E-state index >= 15 is 0 Å². The Morgan fingerprint density at radius 2 is 1.53 bits per heavy atom. The van der Waals surface area contributed by atoms with Crippen LogP contribution in [0.4, 0.5) is 11.4 Å². The van der Waals surface area contributed by atoms with Crippen molar-refractivity contribution < 1.29 is 14.4 Å². The lowest BCUT2D eigenvalue weighted by Gasteiger charge is -2.39. The maximum absolute atomic E-state index is 15.0. The average Bonchev–Trinajstić information content (AvgIpc) is 3.49. The van der Waals surface area contributed by atoms with Crippen LogP contribution in [0.2, 0.25) is 0 Å². The number of anilines is 2. The van der Waals surface area contributed by atoms with Crippen LogP contribution < -0.4 is 10.2 Å². The van der Waals surface area contributed by atoms with E-state index in [1.165, 1.54) is 0 Å². The van der Waals surface area contributed by atoms with E-state index in [0.29, 0.717) is 16.8 Å². The molecule has 1 N–H and O–H groups in total. The van der Waals surface area contributed by atoms with Crippen LogP contribution in [-0.4, -0.2) is 29.6 Å². The number of benzene rings is 4. The van der Waals surface area contributed by atoms with Gasteiger partial charge >= 0.3 is 0 Å². The van der Waals surface area contributed by atoms with Crippen LogP contribution in [0.15, 0.2) is 103 Å². The summed E-state index contributed by atoms with van der Waals surface area (Å²) in [5, 5.41) is 3.11. The summed E-state index contributed by atoms with van der Waals surface area (Å²) in [5.41, 5.74) is 6.35. The molecule has 0 bridgehead atoms. The lowest BCUT2D eigenvalue weighted by molar-refractivity contribution is -0.121. The van der Waals surface area contributed by atoms with E-state index in [4.69, 9.17) is 0 Å². The normalized spacial score (nSPS) is 23.3. The van der Waals surface area contributed by atoms with Crippen molar-refractivity contribution in [2.45, 2.75) is 51.1 Å². The first-order chi connectivity index (χ1) is 20.9. The standard InChI is InChI=1S/C38H34N2O3/c1-4-10-25-16-18-27(19-17-25)35(41)33-34(36(42)26-11-6-5-7-12-26)40-31-20-15-23(2)21-28(31)24(3)22-32(40)38(33)29-13-8-9-14-30(29)39-37(38)43/h5-9,11-22,32-34H,4,10H2,1-3H3,(H,39,43)/t32-,33+,34-,38-/m1/s1. The van der Waals surface area contributed by atoms with Crippen LogP contribution >= 0.6 is 0 Å². The summed E-state index contributed by atoms with van der Waals surface area (Å²) in [5.74, 6) is -1.58. The largest absolute Gasteiger partial charge is 0.352 e. The molecule has 1 saturated heterocycles. The van der Waals surface area contributed by atoms with Gasteiger partial charge in [0.2, 0.25) is 5.91 Å². The molecular formula is C38H34N2O3. The number of fused-ring (bicyclic) bond motifs is 6. The second-order valence-corrected chi connectivity index (χ2v) is 12.1. The van der Waals surface area contributed by atoms with E-state index in [2.05, 4.69) is 36.2 Å². The van der Waals surface area contributed by atoms with Crippen molar-refractivity contribution >= 4 is 34.4 Å². The zero-order valence-corrected chi connectivity index (χ0v) is 24.6. The molecule has 4 atom stereocenters. The van der Waals surface area contributed by atoms with Gasteiger partial charge in [-0.1, -0.05) is 104 Å². The first-order valence-electron chi connectivity index (χ1n) is 15.1. The van der Waals surface area contributed by atoms with Crippen molar-refractivity contribution in [1.29, 1.82) is 0 Å².